The van der Waals surface area contributed by atoms with Crippen LogP contribution in [0.4, 0.5) is 0 Å². The number of nitrogens with two attached hydrogens (primary N) is 1. The monoisotopic (exact) mass is 217 g/mol. The van der Waals surface area contributed by atoms with E-state index >= 15 is 0 Å². The summed E-state index contributed by atoms with van der Waals surface area (Å²) in [7, 11) is 0. The lowest BCUT2D eigenvalue weighted by Crippen LogP contribution is -2.37. The second kappa shape index (κ2) is 9.19. The van der Waals surface area contributed by atoms with Crippen LogP contribution in [0.5, 0.6) is 0 Å². The number of hydrogen-bond donors (Lipinski definition) is 1. The fraction of sp³-hybridized carbons (Fsp3) is 0.900. The van der Waals surface area contributed by atoms with E-state index in [-0.39, 0.29) is 0 Å². The molecule has 0 aromatic rings. The number of unbranched alkanes of at least 4 members (excludes halogenated alkanes) is 1. The number of hydrogen-bond acceptors (Lipinski definition) is 2. The van der Waals surface area contributed by atoms with E-state index < -0.39 is 0 Å². The van der Waals surface area contributed by atoms with Gasteiger partial charge in [-0.05, 0) is 38.7 Å². The number of aliphatic imine (C=N–C) groups is 1. The third-order valence-corrected chi connectivity index (χ3v) is 2.81. The smallest absolute Gasteiger partial charge is 0.191 e. The third-order valence-electron chi connectivity index (χ3n) is 2.12. The Labute approximate surface area is 92.1 Å². The number of nitrogens with zero attached hydrogens (tertiary/aromatic N) is 2. The Balaban J connectivity index is 3.64. The highest BCUT2D eigenvalue weighted by atomic mass is 32.2. The van der Waals surface area contributed by atoms with Gasteiger partial charge in [0.15, 0.2) is 5.96 Å². The molecular weight excluding hydrogens is 194 g/mol. The fourth-order valence-electron chi connectivity index (χ4n) is 1.20. The molecule has 84 valence electrons. The van der Waals surface area contributed by atoms with Crippen LogP contribution in [0.2, 0.25) is 0 Å². The van der Waals surface area contributed by atoms with Crippen molar-refractivity contribution in [1.29, 1.82) is 0 Å². The number of guanidine groups is 1. The highest BCUT2D eigenvalue weighted by Gasteiger charge is 2.00. The van der Waals surface area contributed by atoms with Crippen LogP contribution in [-0.2, 0) is 0 Å². The largest absolute Gasteiger partial charge is 0.370 e. The summed E-state index contributed by atoms with van der Waals surface area (Å²) in [6.45, 7) is 6.94. The molecule has 0 spiro atoms. The first-order chi connectivity index (χ1) is 6.76. The van der Waals surface area contributed by atoms with Crippen molar-refractivity contribution in [2.75, 3.05) is 31.6 Å². The van der Waals surface area contributed by atoms with Crippen LogP contribution in [-0.4, -0.2) is 42.5 Å². The van der Waals surface area contributed by atoms with Crippen LogP contribution >= 0.6 is 11.8 Å². The molecule has 0 fully saturated rings. The van der Waals surface area contributed by atoms with Gasteiger partial charge in [0.1, 0.15) is 0 Å². The molecule has 14 heavy (non-hydrogen) atoms. The first-order valence-electron chi connectivity index (χ1n) is 5.30. The SMILES string of the molecule is CCN(CC)C(N)=NCCCCSC. The third kappa shape index (κ3) is 6.13. The summed E-state index contributed by atoms with van der Waals surface area (Å²) in [5.74, 6) is 1.92. The van der Waals surface area contributed by atoms with Crippen LogP contribution in [0.25, 0.3) is 0 Å². The molecule has 4 heteroatoms. The van der Waals surface area contributed by atoms with Crippen LogP contribution < -0.4 is 5.73 Å². The van der Waals surface area contributed by atoms with E-state index in [1.54, 1.807) is 0 Å². The van der Waals surface area contributed by atoms with Gasteiger partial charge in [-0.25, -0.2) is 0 Å². The molecule has 0 unspecified atom stereocenters. The highest BCUT2D eigenvalue weighted by Crippen LogP contribution is 1.99. The Morgan fingerprint density at radius 2 is 1.93 bits per heavy atom. The van der Waals surface area contributed by atoms with Gasteiger partial charge in [-0.2, -0.15) is 11.8 Å². The average molecular weight is 217 g/mol. The number of rotatable bonds is 7. The van der Waals surface area contributed by atoms with E-state index in [0.717, 1.165) is 26.1 Å². The van der Waals surface area contributed by atoms with Crippen molar-refractivity contribution in [3.8, 4) is 0 Å². The van der Waals surface area contributed by atoms with Gasteiger partial charge in [0, 0.05) is 19.6 Å². The molecule has 0 amide bonds. The maximum Gasteiger partial charge on any atom is 0.191 e. The topological polar surface area (TPSA) is 41.6 Å². The van der Waals surface area contributed by atoms with Crippen molar-refractivity contribution in [2.24, 2.45) is 10.7 Å². The van der Waals surface area contributed by atoms with Crippen molar-refractivity contribution >= 4 is 17.7 Å². The molecule has 0 aromatic carbocycles. The maximum absolute atomic E-state index is 5.82. The van der Waals surface area contributed by atoms with Crippen molar-refractivity contribution in [3.63, 3.8) is 0 Å². The highest BCUT2D eigenvalue weighted by molar-refractivity contribution is 7.98. The van der Waals surface area contributed by atoms with Crippen molar-refractivity contribution in [1.82, 2.24) is 4.90 Å². The molecule has 0 saturated heterocycles. The van der Waals surface area contributed by atoms with E-state index in [0.29, 0.717) is 5.96 Å². The van der Waals surface area contributed by atoms with Crippen LogP contribution in [0, 0.1) is 0 Å². The van der Waals surface area contributed by atoms with Gasteiger partial charge >= 0.3 is 0 Å². The summed E-state index contributed by atoms with van der Waals surface area (Å²) in [6.07, 6.45) is 4.51. The molecule has 2 N–H and O–H groups in total. The molecule has 3 nitrogen and oxygen atoms in total. The van der Waals surface area contributed by atoms with E-state index in [1.165, 1.54) is 12.2 Å². The van der Waals surface area contributed by atoms with Crippen molar-refractivity contribution < 1.29 is 0 Å². The van der Waals surface area contributed by atoms with E-state index in [2.05, 4.69) is 30.0 Å². The predicted octanol–water partition coefficient (Wildman–Crippen LogP) is 1.79. The van der Waals surface area contributed by atoms with Gasteiger partial charge in [0.05, 0.1) is 0 Å². The van der Waals surface area contributed by atoms with Gasteiger partial charge in [-0.1, -0.05) is 0 Å². The quantitative estimate of drug-likeness (QED) is 0.401. The van der Waals surface area contributed by atoms with Crippen LogP contribution in [0.3, 0.4) is 0 Å². The van der Waals surface area contributed by atoms with Gasteiger partial charge < -0.3 is 10.6 Å². The molecule has 0 rings (SSSR count). The Bertz CT molecular complexity index is 155. The maximum atomic E-state index is 5.82. The predicted molar refractivity (Wildman–Crippen MR) is 67.0 cm³/mol. The normalized spacial score (nSPS) is 11.8. The van der Waals surface area contributed by atoms with Crippen LogP contribution in [0.15, 0.2) is 4.99 Å². The minimum atomic E-state index is 0.694. The Kier molecular flexibility index (Phi) is 8.94. The molecule has 0 radical (unpaired) electrons. The second-order valence-corrected chi connectivity index (χ2v) is 4.10. The van der Waals surface area contributed by atoms with Gasteiger partial charge in [-0.3, -0.25) is 4.99 Å². The van der Waals surface area contributed by atoms with E-state index in [1.807, 2.05) is 11.8 Å². The molecule has 0 aliphatic heterocycles. The summed E-state index contributed by atoms with van der Waals surface area (Å²) in [6, 6.07) is 0. The first-order valence-corrected chi connectivity index (χ1v) is 6.69. The summed E-state index contributed by atoms with van der Waals surface area (Å²) in [4.78, 5) is 6.43. The van der Waals surface area contributed by atoms with E-state index in [9.17, 15) is 0 Å². The Morgan fingerprint density at radius 1 is 1.29 bits per heavy atom. The Hall–Kier alpha value is -0.380. The van der Waals surface area contributed by atoms with Crippen molar-refractivity contribution in [3.05, 3.63) is 0 Å². The zero-order chi connectivity index (χ0) is 10.8. The summed E-state index contributed by atoms with van der Waals surface area (Å²) < 4.78 is 0. The minimum absolute atomic E-state index is 0.694. The minimum Gasteiger partial charge on any atom is -0.370 e. The van der Waals surface area contributed by atoms with Crippen molar-refractivity contribution in [2.45, 2.75) is 26.7 Å². The molecule has 0 atom stereocenters. The summed E-state index contributed by atoms with van der Waals surface area (Å²) >= 11 is 1.89. The lowest BCUT2D eigenvalue weighted by atomic mass is 10.3. The lowest BCUT2D eigenvalue weighted by molar-refractivity contribution is 0.458. The standard InChI is InChI=1S/C10H23N3S/c1-4-13(5-2)10(11)12-8-6-7-9-14-3/h4-9H2,1-3H3,(H2,11,12). The summed E-state index contributed by atoms with van der Waals surface area (Å²) in [5, 5.41) is 0. The lowest BCUT2D eigenvalue weighted by Gasteiger charge is -2.19. The molecule has 0 bridgehead atoms. The van der Waals surface area contributed by atoms with E-state index in [4.69, 9.17) is 5.73 Å². The first kappa shape index (κ1) is 13.6. The average Bonchev–Trinajstić information content (AvgIpc) is 2.19. The zero-order valence-electron chi connectivity index (χ0n) is 9.62. The molecular formula is C10H23N3S. The van der Waals surface area contributed by atoms with Gasteiger partial charge in [0.2, 0.25) is 0 Å². The molecule has 0 aliphatic carbocycles. The van der Waals surface area contributed by atoms with Gasteiger partial charge in [0.25, 0.3) is 0 Å². The van der Waals surface area contributed by atoms with Gasteiger partial charge in [-0.15, -0.1) is 0 Å². The zero-order valence-corrected chi connectivity index (χ0v) is 10.4. The Morgan fingerprint density at radius 3 is 2.43 bits per heavy atom. The molecule has 0 aromatic heterocycles. The molecule has 0 heterocycles. The number of thioether (sulfide) groups is 1. The van der Waals surface area contributed by atoms with Crippen LogP contribution in [0.1, 0.15) is 26.7 Å². The second-order valence-electron chi connectivity index (χ2n) is 3.11. The molecule has 0 aliphatic rings. The summed E-state index contributed by atoms with van der Waals surface area (Å²) in [5.41, 5.74) is 5.82. The fourth-order valence-corrected chi connectivity index (χ4v) is 1.69. The molecule has 0 saturated carbocycles.